The minimum absolute atomic E-state index is 0.280. The highest BCUT2D eigenvalue weighted by Gasteiger charge is 2.22. The van der Waals surface area contributed by atoms with Crippen LogP contribution in [0.3, 0.4) is 0 Å². The van der Waals surface area contributed by atoms with Gasteiger partial charge < -0.3 is 19.9 Å². The molecule has 0 unspecified atom stereocenters. The minimum Gasteiger partial charge on any atom is -0.494 e. The molecule has 0 atom stereocenters. The molecule has 0 bridgehead atoms. The van der Waals surface area contributed by atoms with Crippen LogP contribution in [0.5, 0.6) is 5.75 Å². The summed E-state index contributed by atoms with van der Waals surface area (Å²) in [6, 6.07) is 10.1. The topological polar surface area (TPSA) is 93.6 Å². The van der Waals surface area contributed by atoms with Gasteiger partial charge in [-0.1, -0.05) is 12.1 Å². The van der Waals surface area contributed by atoms with Gasteiger partial charge in [-0.15, -0.1) is 0 Å². The number of unbranched alkanes of at least 4 members (excludes halogenated alkanes) is 1. The predicted molar refractivity (Wildman–Crippen MR) is 114 cm³/mol. The van der Waals surface area contributed by atoms with Crippen molar-refractivity contribution in [3.05, 3.63) is 41.1 Å². The highest BCUT2D eigenvalue weighted by atomic mass is 16.5. The minimum atomic E-state index is 0.280. The molecule has 0 aliphatic carbocycles. The van der Waals surface area contributed by atoms with Crippen molar-refractivity contribution in [1.82, 2.24) is 9.88 Å². The molecule has 2 aliphatic heterocycles. The van der Waals surface area contributed by atoms with Gasteiger partial charge in [0.25, 0.3) is 0 Å². The second-order valence-electron chi connectivity index (χ2n) is 7.62. The zero-order valence-electron chi connectivity index (χ0n) is 17.2. The number of nitrogens with two attached hydrogens (primary N) is 1. The third kappa shape index (κ3) is 4.73. The summed E-state index contributed by atoms with van der Waals surface area (Å²) < 4.78 is 17.0. The lowest BCUT2D eigenvalue weighted by Gasteiger charge is -2.26. The second-order valence-corrected chi connectivity index (χ2v) is 7.62. The first kappa shape index (κ1) is 20.6. The molecule has 2 N–H and O–H groups in total. The van der Waals surface area contributed by atoms with Crippen LogP contribution in [-0.2, 0) is 22.5 Å². The third-order valence-electron chi connectivity index (χ3n) is 5.62. The largest absolute Gasteiger partial charge is 0.494 e. The van der Waals surface area contributed by atoms with E-state index < -0.39 is 0 Å². The Morgan fingerprint density at radius 1 is 1.17 bits per heavy atom. The van der Waals surface area contributed by atoms with Gasteiger partial charge in [0.15, 0.2) is 0 Å². The van der Waals surface area contributed by atoms with Crippen LogP contribution in [0.15, 0.2) is 24.3 Å². The van der Waals surface area contributed by atoms with E-state index in [1.807, 2.05) is 24.3 Å². The van der Waals surface area contributed by atoms with E-state index in [0.29, 0.717) is 31.8 Å². The number of nitrogen functional groups attached to an aromatic ring is 1. The monoisotopic (exact) mass is 408 g/mol. The van der Waals surface area contributed by atoms with E-state index in [2.05, 4.69) is 16.0 Å². The number of aromatic nitrogens is 1. The lowest BCUT2D eigenvalue weighted by atomic mass is 9.92. The Morgan fingerprint density at radius 2 is 2.03 bits per heavy atom. The SMILES string of the molecule is N#Cc1c(N)nc2c(c1-c1cccc(OCCCCN3CCOCC3)c1)COCC2. The van der Waals surface area contributed by atoms with Crippen LogP contribution < -0.4 is 10.5 Å². The maximum absolute atomic E-state index is 9.69. The predicted octanol–water partition coefficient (Wildman–Crippen LogP) is 2.77. The van der Waals surface area contributed by atoms with Crippen molar-refractivity contribution >= 4 is 5.82 Å². The molecule has 4 rings (SSSR count). The summed E-state index contributed by atoms with van der Waals surface area (Å²) in [5, 5.41) is 9.69. The van der Waals surface area contributed by atoms with Crippen molar-refractivity contribution in [2.45, 2.75) is 25.9 Å². The summed E-state index contributed by atoms with van der Waals surface area (Å²) in [5.74, 6) is 1.08. The van der Waals surface area contributed by atoms with Crippen LogP contribution in [-0.4, -0.2) is 55.9 Å². The fraction of sp³-hybridized carbons (Fsp3) is 0.478. The Labute approximate surface area is 177 Å². The van der Waals surface area contributed by atoms with E-state index in [-0.39, 0.29) is 5.82 Å². The second kappa shape index (κ2) is 9.90. The van der Waals surface area contributed by atoms with Gasteiger partial charge in [0.05, 0.1) is 38.7 Å². The fourth-order valence-electron chi connectivity index (χ4n) is 4.02. The van der Waals surface area contributed by atoms with Gasteiger partial charge in [-0.2, -0.15) is 5.26 Å². The maximum Gasteiger partial charge on any atom is 0.142 e. The van der Waals surface area contributed by atoms with Gasteiger partial charge in [0, 0.05) is 30.6 Å². The average Bonchev–Trinajstić information content (AvgIpc) is 2.79. The zero-order valence-corrected chi connectivity index (χ0v) is 17.2. The standard InChI is InChI=1S/C23H28N4O3/c24-15-19-22(20-16-29-11-6-21(20)26-23(19)25)17-4-3-5-18(14-17)30-10-2-1-7-27-8-12-28-13-9-27/h3-5,14H,1-2,6-13,16H2,(H2,25,26). The zero-order chi connectivity index (χ0) is 20.8. The number of pyridine rings is 1. The summed E-state index contributed by atoms with van der Waals surface area (Å²) >= 11 is 0. The summed E-state index contributed by atoms with van der Waals surface area (Å²) in [4.78, 5) is 6.87. The van der Waals surface area contributed by atoms with E-state index in [1.165, 1.54) is 0 Å². The van der Waals surface area contributed by atoms with Crippen molar-refractivity contribution in [3.63, 3.8) is 0 Å². The van der Waals surface area contributed by atoms with E-state index in [1.54, 1.807) is 0 Å². The Bertz CT molecular complexity index is 919. The van der Waals surface area contributed by atoms with Crippen molar-refractivity contribution in [2.75, 3.05) is 51.8 Å². The van der Waals surface area contributed by atoms with Crippen LogP contribution in [0.2, 0.25) is 0 Å². The molecular weight excluding hydrogens is 380 g/mol. The summed E-state index contributed by atoms with van der Waals surface area (Å²) in [5.41, 5.74) is 10.1. The van der Waals surface area contributed by atoms with Gasteiger partial charge in [-0.25, -0.2) is 4.98 Å². The van der Waals surface area contributed by atoms with Crippen LogP contribution in [0, 0.1) is 11.3 Å². The molecule has 1 saturated heterocycles. The number of hydrogen-bond acceptors (Lipinski definition) is 7. The molecule has 0 radical (unpaired) electrons. The maximum atomic E-state index is 9.69. The molecule has 1 aromatic heterocycles. The molecule has 0 spiro atoms. The number of nitriles is 1. The molecular formula is C23H28N4O3. The fourth-order valence-corrected chi connectivity index (χ4v) is 4.02. The number of nitrogens with zero attached hydrogens (tertiary/aromatic N) is 3. The Hall–Kier alpha value is -2.66. The first-order valence-electron chi connectivity index (χ1n) is 10.6. The number of ether oxygens (including phenoxy) is 3. The Morgan fingerprint density at radius 3 is 2.87 bits per heavy atom. The highest BCUT2D eigenvalue weighted by Crippen LogP contribution is 2.35. The van der Waals surface area contributed by atoms with Crippen LogP contribution >= 0.6 is 0 Å². The first-order valence-corrected chi connectivity index (χ1v) is 10.6. The number of morpholine rings is 1. The van der Waals surface area contributed by atoms with Gasteiger partial charge in [0.1, 0.15) is 23.2 Å². The third-order valence-corrected chi connectivity index (χ3v) is 5.62. The quantitative estimate of drug-likeness (QED) is 0.704. The molecule has 7 heteroatoms. The summed E-state index contributed by atoms with van der Waals surface area (Å²) in [7, 11) is 0. The van der Waals surface area contributed by atoms with Gasteiger partial charge >= 0.3 is 0 Å². The van der Waals surface area contributed by atoms with Gasteiger partial charge in [0.2, 0.25) is 0 Å². The summed E-state index contributed by atoms with van der Waals surface area (Å²) in [6.07, 6.45) is 2.80. The number of rotatable bonds is 7. The average molecular weight is 409 g/mol. The van der Waals surface area contributed by atoms with Gasteiger partial charge in [-0.05, 0) is 37.1 Å². The molecule has 3 heterocycles. The van der Waals surface area contributed by atoms with E-state index in [4.69, 9.17) is 19.9 Å². The lowest BCUT2D eigenvalue weighted by molar-refractivity contribution is 0.0368. The molecule has 30 heavy (non-hydrogen) atoms. The van der Waals surface area contributed by atoms with E-state index in [9.17, 15) is 5.26 Å². The summed E-state index contributed by atoms with van der Waals surface area (Å²) in [6.45, 7) is 6.53. The number of hydrogen-bond donors (Lipinski definition) is 1. The van der Waals surface area contributed by atoms with Crippen molar-refractivity contribution in [3.8, 4) is 22.9 Å². The smallest absolute Gasteiger partial charge is 0.142 e. The van der Waals surface area contributed by atoms with E-state index in [0.717, 1.165) is 73.8 Å². The first-order chi connectivity index (χ1) is 14.8. The van der Waals surface area contributed by atoms with Crippen molar-refractivity contribution in [1.29, 1.82) is 5.26 Å². The molecule has 1 fully saturated rings. The molecule has 2 aromatic rings. The molecule has 0 saturated carbocycles. The number of benzene rings is 1. The Kier molecular flexibility index (Phi) is 6.80. The van der Waals surface area contributed by atoms with Crippen molar-refractivity contribution < 1.29 is 14.2 Å². The lowest BCUT2D eigenvalue weighted by Crippen LogP contribution is -2.36. The van der Waals surface area contributed by atoms with Crippen molar-refractivity contribution in [2.24, 2.45) is 0 Å². The number of anilines is 1. The highest BCUT2D eigenvalue weighted by molar-refractivity contribution is 5.79. The normalized spacial score (nSPS) is 16.6. The van der Waals surface area contributed by atoms with E-state index >= 15 is 0 Å². The molecule has 0 amide bonds. The number of fused-ring (bicyclic) bond motifs is 1. The molecule has 1 aromatic carbocycles. The molecule has 7 nitrogen and oxygen atoms in total. The Balaban J connectivity index is 1.43. The van der Waals surface area contributed by atoms with Crippen LogP contribution in [0.1, 0.15) is 29.7 Å². The van der Waals surface area contributed by atoms with Crippen LogP contribution in [0.4, 0.5) is 5.82 Å². The van der Waals surface area contributed by atoms with Crippen LogP contribution in [0.25, 0.3) is 11.1 Å². The molecule has 158 valence electrons. The molecule has 2 aliphatic rings. The van der Waals surface area contributed by atoms with Gasteiger partial charge in [-0.3, -0.25) is 4.90 Å².